The predicted molar refractivity (Wildman–Crippen MR) is 102 cm³/mol. The minimum atomic E-state index is -0.342. The Bertz CT molecular complexity index is 840. The molecule has 3 atom stereocenters. The summed E-state index contributed by atoms with van der Waals surface area (Å²) >= 11 is 1.44. The van der Waals surface area contributed by atoms with Crippen molar-refractivity contribution in [1.29, 1.82) is 0 Å². The van der Waals surface area contributed by atoms with Gasteiger partial charge in [-0.25, -0.2) is 4.98 Å². The Kier molecular flexibility index (Phi) is 4.84. The molecule has 1 aromatic carbocycles. The number of ether oxygens (including phenoxy) is 1. The van der Waals surface area contributed by atoms with Crippen molar-refractivity contribution in [3.05, 3.63) is 47.0 Å². The molecule has 1 aromatic heterocycles. The van der Waals surface area contributed by atoms with Crippen molar-refractivity contribution in [3.8, 4) is 0 Å². The molecule has 0 spiro atoms. The fourth-order valence-corrected chi connectivity index (χ4v) is 5.00. The Balaban J connectivity index is 1.58. The van der Waals surface area contributed by atoms with Gasteiger partial charge in [-0.3, -0.25) is 14.5 Å². The van der Waals surface area contributed by atoms with E-state index in [2.05, 4.69) is 9.88 Å². The average Bonchev–Trinajstić information content (AvgIpc) is 3.25. The van der Waals surface area contributed by atoms with E-state index >= 15 is 0 Å². The molecule has 2 saturated heterocycles. The molecule has 0 saturated carbocycles. The normalized spacial score (nSPS) is 25.4. The molecule has 0 radical (unpaired) electrons. The first kappa shape index (κ1) is 17.9. The molecule has 2 N–H and O–H groups in total. The fraction of sp³-hybridized carbons (Fsp3) is 0.421. The lowest BCUT2D eigenvalue weighted by Crippen LogP contribution is -2.53. The number of piperazine rings is 1. The van der Waals surface area contributed by atoms with E-state index in [1.807, 2.05) is 35.2 Å². The number of aromatic nitrogens is 1. The monoisotopic (exact) mass is 386 g/mol. The first-order chi connectivity index (χ1) is 13.1. The minimum Gasteiger partial charge on any atom is -0.469 e. The number of nitrogens with zero attached hydrogens (tertiary/aromatic N) is 3. The van der Waals surface area contributed by atoms with Crippen LogP contribution in [0, 0.1) is 5.92 Å². The number of nitrogen functional groups attached to an aromatic ring is 1. The van der Waals surface area contributed by atoms with Gasteiger partial charge in [-0.15, -0.1) is 11.3 Å². The number of nitrogens with two attached hydrogens (primary N) is 1. The number of rotatable bonds is 4. The van der Waals surface area contributed by atoms with Gasteiger partial charge in [0.25, 0.3) is 0 Å². The largest absolute Gasteiger partial charge is 0.469 e. The molecule has 4 rings (SSSR count). The van der Waals surface area contributed by atoms with Crippen molar-refractivity contribution in [2.24, 2.45) is 5.92 Å². The molecule has 3 heterocycles. The lowest BCUT2D eigenvalue weighted by atomic mass is 9.93. The number of benzene rings is 1. The molecular weight excluding hydrogens is 364 g/mol. The fourth-order valence-electron chi connectivity index (χ4n) is 4.27. The van der Waals surface area contributed by atoms with Crippen LogP contribution in [0.15, 0.2) is 36.5 Å². The van der Waals surface area contributed by atoms with Crippen LogP contribution in [0.3, 0.4) is 0 Å². The van der Waals surface area contributed by atoms with Crippen LogP contribution in [0.4, 0.5) is 5.13 Å². The molecule has 142 valence electrons. The summed E-state index contributed by atoms with van der Waals surface area (Å²) in [7, 11) is 1.41. The number of amides is 1. The molecule has 0 bridgehead atoms. The molecule has 0 unspecified atom stereocenters. The Hall–Kier alpha value is -2.45. The Labute approximate surface area is 161 Å². The van der Waals surface area contributed by atoms with Crippen LogP contribution in [0.1, 0.15) is 22.9 Å². The molecule has 7 nitrogen and oxygen atoms in total. The number of carbonyl (C=O) groups excluding carboxylic acids is 2. The molecule has 1 amide bonds. The maximum atomic E-state index is 13.0. The summed E-state index contributed by atoms with van der Waals surface area (Å²) in [6.45, 7) is 1.69. The third-order valence-electron chi connectivity index (χ3n) is 5.31. The molecule has 0 aliphatic carbocycles. The third kappa shape index (κ3) is 3.42. The van der Waals surface area contributed by atoms with Crippen LogP contribution in [0.2, 0.25) is 0 Å². The quantitative estimate of drug-likeness (QED) is 0.804. The van der Waals surface area contributed by atoms with E-state index in [0.29, 0.717) is 24.6 Å². The molecule has 8 heteroatoms. The van der Waals surface area contributed by atoms with E-state index in [9.17, 15) is 9.59 Å². The summed E-state index contributed by atoms with van der Waals surface area (Å²) in [5.41, 5.74) is 6.69. The minimum absolute atomic E-state index is 0.00850. The highest BCUT2D eigenvalue weighted by Crippen LogP contribution is 2.43. The van der Waals surface area contributed by atoms with Crippen molar-refractivity contribution < 1.29 is 14.3 Å². The zero-order valence-electron chi connectivity index (χ0n) is 15.1. The van der Waals surface area contributed by atoms with Crippen molar-refractivity contribution in [2.75, 3.05) is 25.9 Å². The summed E-state index contributed by atoms with van der Waals surface area (Å²) in [5.74, 6) is -0.554. The van der Waals surface area contributed by atoms with Crippen LogP contribution < -0.4 is 5.73 Å². The van der Waals surface area contributed by atoms with Gasteiger partial charge in [0.05, 0.1) is 25.6 Å². The topological polar surface area (TPSA) is 88.8 Å². The molecule has 2 fully saturated rings. The highest BCUT2D eigenvalue weighted by Gasteiger charge is 2.50. The van der Waals surface area contributed by atoms with E-state index in [4.69, 9.17) is 10.5 Å². The SMILES string of the molecule is COC(=O)[C@H]1C[C@H]2CN(Cc3cnc(N)s3)CC(=O)N2[C@H]1c1ccccc1. The van der Waals surface area contributed by atoms with Crippen molar-refractivity contribution in [3.63, 3.8) is 0 Å². The smallest absolute Gasteiger partial charge is 0.311 e. The van der Waals surface area contributed by atoms with E-state index < -0.39 is 0 Å². The van der Waals surface area contributed by atoms with Gasteiger partial charge < -0.3 is 15.4 Å². The van der Waals surface area contributed by atoms with Gasteiger partial charge in [-0.2, -0.15) is 0 Å². The van der Waals surface area contributed by atoms with Crippen LogP contribution in [-0.2, 0) is 20.9 Å². The van der Waals surface area contributed by atoms with Crippen LogP contribution >= 0.6 is 11.3 Å². The Morgan fingerprint density at radius 3 is 2.81 bits per heavy atom. The third-order valence-corrected chi connectivity index (χ3v) is 6.12. The highest BCUT2D eigenvalue weighted by atomic mass is 32.1. The Morgan fingerprint density at radius 1 is 1.37 bits per heavy atom. The second-order valence-electron chi connectivity index (χ2n) is 7.01. The number of anilines is 1. The van der Waals surface area contributed by atoms with E-state index in [1.54, 1.807) is 6.20 Å². The van der Waals surface area contributed by atoms with Gasteiger partial charge in [0.15, 0.2) is 5.13 Å². The second-order valence-corrected chi connectivity index (χ2v) is 8.16. The van der Waals surface area contributed by atoms with E-state index in [1.165, 1.54) is 18.4 Å². The molecule has 2 aromatic rings. The number of fused-ring (bicyclic) bond motifs is 1. The number of carbonyl (C=O) groups is 2. The maximum absolute atomic E-state index is 13.0. The van der Waals surface area contributed by atoms with Crippen LogP contribution in [0.5, 0.6) is 0 Å². The van der Waals surface area contributed by atoms with Crippen molar-refractivity contribution >= 4 is 28.3 Å². The van der Waals surface area contributed by atoms with Gasteiger partial charge in [0.2, 0.25) is 5.91 Å². The van der Waals surface area contributed by atoms with Gasteiger partial charge in [0.1, 0.15) is 0 Å². The summed E-state index contributed by atoms with van der Waals surface area (Å²) < 4.78 is 5.04. The van der Waals surface area contributed by atoms with Crippen molar-refractivity contribution in [2.45, 2.75) is 25.0 Å². The molecule has 27 heavy (non-hydrogen) atoms. The van der Waals surface area contributed by atoms with Gasteiger partial charge in [-0.05, 0) is 12.0 Å². The van der Waals surface area contributed by atoms with E-state index in [-0.39, 0.29) is 29.9 Å². The lowest BCUT2D eigenvalue weighted by Gasteiger charge is -2.40. The zero-order chi connectivity index (χ0) is 19.0. The Morgan fingerprint density at radius 2 is 2.15 bits per heavy atom. The van der Waals surface area contributed by atoms with Gasteiger partial charge in [0, 0.05) is 30.2 Å². The van der Waals surface area contributed by atoms with Gasteiger partial charge >= 0.3 is 5.97 Å². The predicted octanol–water partition coefficient (Wildman–Crippen LogP) is 1.67. The average molecular weight is 386 g/mol. The maximum Gasteiger partial charge on any atom is 0.311 e. The number of methoxy groups -OCH3 is 1. The second kappa shape index (κ2) is 7.28. The number of hydrogen-bond donors (Lipinski definition) is 1. The first-order valence-corrected chi connectivity index (χ1v) is 9.75. The summed E-state index contributed by atoms with van der Waals surface area (Å²) in [5, 5.41) is 0.533. The molecular formula is C19H22N4O3S. The standard InChI is InChI=1S/C19H22N4O3S/c1-26-18(25)15-7-13-9-22(10-14-8-21-19(20)27-14)11-16(24)23(13)17(15)12-5-3-2-4-6-12/h2-6,8,13,15,17H,7,9-11H2,1H3,(H2,20,21)/t13-,15-,17-/m0/s1. The zero-order valence-corrected chi connectivity index (χ0v) is 15.9. The number of hydrogen-bond acceptors (Lipinski definition) is 7. The molecule has 2 aliphatic rings. The lowest BCUT2D eigenvalue weighted by molar-refractivity contribution is -0.147. The summed E-state index contributed by atoms with van der Waals surface area (Å²) in [6.07, 6.45) is 2.37. The summed E-state index contributed by atoms with van der Waals surface area (Å²) in [4.78, 5) is 34.6. The van der Waals surface area contributed by atoms with Crippen molar-refractivity contribution in [1.82, 2.24) is 14.8 Å². The van der Waals surface area contributed by atoms with Gasteiger partial charge in [-0.1, -0.05) is 30.3 Å². The van der Waals surface area contributed by atoms with E-state index in [0.717, 1.165) is 17.0 Å². The number of thiazole rings is 1. The number of esters is 1. The summed E-state index contributed by atoms with van der Waals surface area (Å²) in [6, 6.07) is 9.48. The highest BCUT2D eigenvalue weighted by molar-refractivity contribution is 7.15. The van der Waals surface area contributed by atoms with Crippen LogP contribution in [0.25, 0.3) is 0 Å². The molecule has 2 aliphatic heterocycles. The first-order valence-electron chi connectivity index (χ1n) is 8.93. The van der Waals surface area contributed by atoms with Crippen LogP contribution in [-0.4, -0.2) is 52.9 Å².